The van der Waals surface area contributed by atoms with Crippen molar-refractivity contribution in [3.63, 3.8) is 0 Å². The van der Waals surface area contributed by atoms with E-state index in [2.05, 4.69) is 20.6 Å². The lowest BCUT2D eigenvalue weighted by Gasteiger charge is -2.24. The number of rotatable bonds is 14. The molecule has 0 atom stereocenters. The van der Waals surface area contributed by atoms with Crippen LogP contribution in [0.5, 0.6) is 11.5 Å². The number of anilines is 1. The van der Waals surface area contributed by atoms with Crippen LogP contribution in [0.1, 0.15) is 5.56 Å². The fraction of sp³-hybridized carbons (Fsp3) is 0.417. The molecule has 0 saturated heterocycles. The van der Waals surface area contributed by atoms with Crippen LogP contribution >= 0.6 is 23.2 Å². The Morgan fingerprint density at radius 3 is 2.31 bits per heavy atom. The summed E-state index contributed by atoms with van der Waals surface area (Å²) in [5, 5.41) is 9.69. The van der Waals surface area contributed by atoms with E-state index in [0.29, 0.717) is 31.1 Å². The summed E-state index contributed by atoms with van der Waals surface area (Å²) >= 11 is 11.9. The van der Waals surface area contributed by atoms with E-state index in [4.69, 9.17) is 37.4 Å². The van der Waals surface area contributed by atoms with E-state index >= 15 is 0 Å². The summed E-state index contributed by atoms with van der Waals surface area (Å²) in [5.74, 6) is -1.41. The third-order valence-corrected chi connectivity index (χ3v) is 5.45. The van der Waals surface area contributed by atoms with Crippen molar-refractivity contribution >= 4 is 40.6 Å². The van der Waals surface area contributed by atoms with Gasteiger partial charge in [-0.3, -0.25) is 20.6 Å². The van der Waals surface area contributed by atoms with Crippen LogP contribution in [0.25, 0.3) is 0 Å². The van der Waals surface area contributed by atoms with Gasteiger partial charge in [0, 0.05) is 27.2 Å². The second kappa shape index (κ2) is 16.2. The Bertz CT molecular complexity index is 1080. The number of nitrogens with one attached hydrogen (secondary N) is 2. The summed E-state index contributed by atoms with van der Waals surface area (Å²) in [7, 11) is 2.94. The van der Waals surface area contributed by atoms with E-state index in [0.717, 1.165) is 6.07 Å². The third kappa shape index (κ3) is 11.8. The van der Waals surface area contributed by atoms with Gasteiger partial charge in [0.1, 0.15) is 5.75 Å². The molecule has 0 heterocycles. The summed E-state index contributed by atoms with van der Waals surface area (Å²) in [5.41, 5.74) is 6.10. The Hall–Kier alpha value is -2.97. The molecule has 0 unspecified atom stereocenters. The Balaban J connectivity index is 2.10. The number of hydrogen-bond donors (Lipinski definition) is 3. The highest BCUT2D eigenvalue weighted by atomic mass is 35.5. The lowest BCUT2D eigenvalue weighted by atomic mass is 10.2. The minimum atomic E-state index is -4.86. The molecule has 2 aromatic carbocycles. The van der Waals surface area contributed by atoms with Gasteiger partial charge in [-0.1, -0.05) is 35.3 Å². The summed E-state index contributed by atoms with van der Waals surface area (Å²) in [6.07, 6.45) is -4.86. The number of nitrogens with zero attached hydrogens (tertiary/aromatic N) is 2. The fourth-order valence-electron chi connectivity index (χ4n) is 3.08. The molecule has 0 aromatic heterocycles. The zero-order chi connectivity index (χ0) is 28.8. The number of carbonyl (C=O) groups is 1. The number of ether oxygens (including phenoxy) is 4. The monoisotopic (exact) mass is 596 g/mol. The van der Waals surface area contributed by atoms with Crippen LogP contribution in [0.4, 0.5) is 18.9 Å². The standard InChI is InChI=1S/C24H29Cl2F3N4O6/c1-30-22(32-31-17-13-19(25)21(34)20(26)14-17)23(35)33(6-7-37-10-11-38-9-8-36-2)15-16-4-3-5-18(12-16)39-24(27,28)29/h3-5,12-14,31,34H,6-11,15H2,1-2H3,(H,30,32). The van der Waals surface area contributed by atoms with Crippen LogP contribution in [0, 0.1) is 0 Å². The second-order valence-corrected chi connectivity index (χ2v) is 8.56. The lowest BCUT2D eigenvalue weighted by molar-refractivity contribution is -0.274. The van der Waals surface area contributed by atoms with Gasteiger partial charge in [-0.05, 0) is 29.8 Å². The molecule has 0 saturated carbocycles. The van der Waals surface area contributed by atoms with Crippen molar-refractivity contribution < 1.29 is 42.0 Å². The number of carbonyl (C=O) groups excluding carboxylic acids is 1. The number of benzene rings is 2. The van der Waals surface area contributed by atoms with Crippen molar-refractivity contribution in [2.75, 3.05) is 59.2 Å². The molecule has 216 valence electrons. The van der Waals surface area contributed by atoms with E-state index in [9.17, 15) is 23.1 Å². The summed E-state index contributed by atoms with van der Waals surface area (Å²) in [6.45, 7) is 1.57. The molecule has 15 heteroatoms. The van der Waals surface area contributed by atoms with Crippen LogP contribution in [0.2, 0.25) is 10.0 Å². The number of amidine groups is 1. The smallest absolute Gasteiger partial charge is 0.505 e. The van der Waals surface area contributed by atoms with Crippen molar-refractivity contribution in [1.29, 1.82) is 0 Å². The summed E-state index contributed by atoms with van der Waals surface area (Å²) in [4.78, 5) is 18.6. The highest BCUT2D eigenvalue weighted by Crippen LogP contribution is 2.34. The number of hydrazine groups is 1. The van der Waals surface area contributed by atoms with Crippen molar-refractivity contribution in [3.05, 3.63) is 52.0 Å². The van der Waals surface area contributed by atoms with E-state index < -0.39 is 18.0 Å². The molecule has 39 heavy (non-hydrogen) atoms. The van der Waals surface area contributed by atoms with E-state index in [1.165, 1.54) is 36.2 Å². The maximum Gasteiger partial charge on any atom is 0.573 e. The molecule has 0 spiro atoms. The number of hydrogen-bond acceptors (Lipinski definition) is 8. The number of methoxy groups -OCH3 is 1. The van der Waals surface area contributed by atoms with Gasteiger partial charge in [-0.25, -0.2) is 0 Å². The maximum atomic E-state index is 13.3. The zero-order valence-corrected chi connectivity index (χ0v) is 22.7. The van der Waals surface area contributed by atoms with E-state index in [1.807, 2.05) is 0 Å². The maximum absolute atomic E-state index is 13.3. The second-order valence-electron chi connectivity index (χ2n) is 7.75. The van der Waals surface area contributed by atoms with Crippen molar-refractivity contribution in [3.8, 4) is 11.5 Å². The highest BCUT2D eigenvalue weighted by molar-refractivity contribution is 6.38. The van der Waals surface area contributed by atoms with Crippen LogP contribution < -0.4 is 15.6 Å². The number of halogens is 5. The Morgan fingerprint density at radius 1 is 1.05 bits per heavy atom. The molecular weight excluding hydrogens is 568 g/mol. The quantitative estimate of drug-likeness (QED) is 0.0975. The summed E-state index contributed by atoms with van der Waals surface area (Å²) < 4.78 is 57.7. The number of aliphatic imine (C=N–C) groups is 1. The molecule has 0 aliphatic rings. The minimum absolute atomic E-state index is 0.0148. The van der Waals surface area contributed by atoms with Gasteiger partial charge in [-0.15, -0.1) is 13.2 Å². The molecule has 0 bridgehead atoms. The first-order valence-corrected chi connectivity index (χ1v) is 12.2. The SMILES string of the molecule is CN=C(NNc1cc(Cl)c(O)c(Cl)c1)C(=O)N(CCOCCOCCOC)Cc1cccc(OC(F)(F)F)c1. The lowest BCUT2D eigenvalue weighted by Crippen LogP contribution is -2.46. The van der Waals surface area contributed by atoms with Crippen molar-refractivity contribution in [2.24, 2.45) is 4.99 Å². The Labute approximate surface area is 233 Å². The minimum Gasteiger partial charge on any atom is -0.505 e. The first-order valence-electron chi connectivity index (χ1n) is 11.5. The van der Waals surface area contributed by atoms with Crippen molar-refractivity contribution in [1.82, 2.24) is 10.3 Å². The van der Waals surface area contributed by atoms with Crippen molar-refractivity contribution in [2.45, 2.75) is 12.9 Å². The largest absolute Gasteiger partial charge is 0.573 e. The zero-order valence-electron chi connectivity index (χ0n) is 21.2. The first-order chi connectivity index (χ1) is 18.5. The molecule has 2 rings (SSSR count). The molecular formula is C24H29Cl2F3N4O6. The van der Waals surface area contributed by atoms with Gasteiger partial charge >= 0.3 is 6.36 Å². The Morgan fingerprint density at radius 2 is 1.69 bits per heavy atom. The molecule has 0 radical (unpaired) electrons. The van der Waals surface area contributed by atoms with Gasteiger partial charge in [-0.2, -0.15) is 0 Å². The summed E-state index contributed by atoms with van der Waals surface area (Å²) in [6, 6.07) is 8.05. The molecule has 0 aliphatic heterocycles. The van der Waals surface area contributed by atoms with Gasteiger partial charge in [0.05, 0.1) is 48.8 Å². The average Bonchev–Trinajstić information content (AvgIpc) is 2.87. The highest BCUT2D eigenvalue weighted by Gasteiger charge is 2.31. The van der Waals surface area contributed by atoms with Gasteiger partial charge in [0.2, 0.25) is 5.84 Å². The van der Waals surface area contributed by atoms with Gasteiger partial charge < -0.3 is 29.0 Å². The third-order valence-electron chi connectivity index (χ3n) is 4.87. The van der Waals surface area contributed by atoms with Crippen LogP contribution in [0.15, 0.2) is 41.4 Å². The number of aromatic hydroxyl groups is 1. The van der Waals surface area contributed by atoms with Crippen LogP contribution in [-0.2, 0) is 25.5 Å². The topological polar surface area (TPSA) is 114 Å². The predicted octanol–water partition coefficient (Wildman–Crippen LogP) is 4.25. The van der Waals surface area contributed by atoms with Gasteiger partial charge in [0.15, 0.2) is 5.75 Å². The molecule has 0 fully saturated rings. The molecule has 3 N–H and O–H groups in total. The van der Waals surface area contributed by atoms with Gasteiger partial charge in [0.25, 0.3) is 5.91 Å². The molecule has 2 aromatic rings. The van der Waals surface area contributed by atoms with Crippen LogP contribution in [-0.4, -0.2) is 81.8 Å². The number of alkyl halides is 3. The predicted molar refractivity (Wildman–Crippen MR) is 140 cm³/mol. The molecule has 1 amide bonds. The van der Waals surface area contributed by atoms with Crippen LogP contribution in [0.3, 0.4) is 0 Å². The Kier molecular flexibility index (Phi) is 13.4. The average molecular weight is 597 g/mol. The van der Waals surface area contributed by atoms with E-state index in [1.54, 1.807) is 13.2 Å². The number of amides is 1. The molecule has 0 aliphatic carbocycles. The normalized spacial score (nSPS) is 11.8. The fourth-order valence-corrected chi connectivity index (χ4v) is 3.56. The number of phenols is 1. The van der Waals surface area contributed by atoms with E-state index in [-0.39, 0.29) is 47.9 Å². The number of phenolic OH excluding ortho intramolecular Hbond substituents is 1. The first kappa shape index (κ1) is 32.2. The molecule has 10 nitrogen and oxygen atoms in total.